The van der Waals surface area contributed by atoms with Gasteiger partial charge < -0.3 is 10.2 Å². The summed E-state index contributed by atoms with van der Waals surface area (Å²) < 4.78 is 6.44. The number of carbonyl (C=O) groups is 1. The van der Waals surface area contributed by atoms with E-state index >= 15 is 0 Å². The molecule has 122 valence electrons. The second-order valence-corrected chi connectivity index (χ2v) is 7.16. The smallest absolute Gasteiger partial charge is 0.231 e. The highest BCUT2D eigenvalue weighted by Gasteiger charge is 2.36. The molecule has 4 rings (SSSR count). The van der Waals surface area contributed by atoms with Crippen LogP contribution in [0, 0.1) is 0 Å². The normalized spacial score (nSPS) is 21.3. The average molecular weight is 339 g/mol. The number of furan rings is 1. The van der Waals surface area contributed by atoms with Crippen molar-refractivity contribution in [2.75, 3.05) is 7.05 Å². The molecule has 1 aliphatic heterocycles. The largest absolute Gasteiger partial charge is 0.472 e. The third-order valence-electron chi connectivity index (χ3n) is 4.58. The van der Waals surface area contributed by atoms with Crippen LogP contribution in [0.5, 0.6) is 0 Å². The zero-order valence-electron chi connectivity index (χ0n) is 13.4. The molecule has 0 saturated carbocycles. The molecule has 3 aromatic rings. The Morgan fingerprint density at radius 1 is 1.38 bits per heavy atom. The fourth-order valence-electron chi connectivity index (χ4n) is 3.10. The zero-order chi connectivity index (χ0) is 16.9. The van der Waals surface area contributed by atoms with E-state index in [1.165, 1.54) is 9.60 Å². The van der Waals surface area contributed by atoms with Crippen LogP contribution in [-0.2, 0) is 10.3 Å². The van der Waals surface area contributed by atoms with Crippen LogP contribution in [0.15, 0.2) is 51.6 Å². The van der Waals surface area contributed by atoms with Crippen LogP contribution in [0.3, 0.4) is 0 Å². The van der Waals surface area contributed by atoms with E-state index in [2.05, 4.69) is 28.6 Å². The van der Waals surface area contributed by atoms with Crippen molar-refractivity contribution in [2.45, 2.75) is 18.9 Å². The van der Waals surface area contributed by atoms with E-state index in [0.29, 0.717) is 6.42 Å². The maximum absolute atomic E-state index is 12.3. The van der Waals surface area contributed by atoms with Gasteiger partial charge in [0.15, 0.2) is 5.96 Å². The van der Waals surface area contributed by atoms with E-state index in [0.717, 1.165) is 22.1 Å². The summed E-state index contributed by atoms with van der Waals surface area (Å²) >= 11 is 1.69. The number of nitrogens with two attached hydrogens (primary N) is 1. The number of amides is 1. The first kappa shape index (κ1) is 15.0. The van der Waals surface area contributed by atoms with Crippen LogP contribution < -0.4 is 5.73 Å². The van der Waals surface area contributed by atoms with Crippen LogP contribution in [0.2, 0.25) is 0 Å². The summed E-state index contributed by atoms with van der Waals surface area (Å²) in [6, 6.07) is 8.22. The summed E-state index contributed by atoms with van der Waals surface area (Å²) in [6.45, 7) is 1.96. The van der Waals surface area contributed by atoms with E-state index < -0.39 is 5.54 Å². The SMILES string of the molecule is CN1C(=O)C[C@@](C)(c2cc(-c3ccoc3)c3sccc3c2)N=C1N. The molecule has 1 aromatic carbocycles. The number of thiophene rings is 1. The van der Waals surface area contributed by atoms with Gasteiger partial charge in [0, 0.05) is 22.9 Å². The van der Waals surface area contributed by atoms with Gasteiger partial charge in [-0.3, -0.25) is 9.69 Å². The molecule has 5 nitrogen and oxygen atoms in total. The van der Waals surface area contributed by atoms with Crippen LogP contribution >= 0.6 is 11.3 Å². The summed E-state index contributed by atoms with van der Waals surface area (Å²) in [6.07, 6.45) is 3.70. The van der Waals surface area contributed by atoms with Gasteiger partial charge in [-0.25, -0.2) is 4.99 Å². The van der Waals surface area contributed by atoms with Gasteiger partial charge in [0.25, 0.3) is 0 Å². The fraction of sp³-hybridized carbons (Fsp3) is 0.222. The minimum absolute atomic E-state index is 0.0275. The maximum atomic E-state index is 12.3. The van der Waals surface area contributed by atoms with Gasteiger partial charge in [0.05, 0.1) is 24.5 Å². The molecular formula is C18H17N3O2S. The first-order chi connectivity index (χ1) is 11.5. The second kappa shape index (κ2) is 5.21. The minimum atomic E-state index is -0.664. The zero-order valence-corrected chi connectivity index (χ0v) is 14.3. The molecule has 0 bridgehead atoms. The Balaban J connectivity index is 1.93. The van der Waals surface area contributed by atoms with Crippen LogP contribution in [-0.4, -0.2) is 23.8 Å². The highest BCUT2D eigenvalue weighted by molar-refractivity contribution is 7.17. The highest BCUT2D eigenvalue weighted by Crippen LogP contribution is 2.40. The molecule has 0 unspecified atom stereocenters. The van der Waals surface area contributed by atoms with Gasteiger partial charge in [-0.15, -0.1) is 11.3 Å². The topological polar surface area (TPSA) is 71.8 Å². The van der Waals surface area contributed by atoms with Crippen molar-refractivity contribution in [3.05, 3.63) is 47.7 Å². The van der Waals surface area contributed by atoms with Gasteiger partial charge in [-0.1, -0.05) is 0 Å². The Hall–Kier alpha value is -2.60. The summed E-state index contributed by atoms with van der Waals surface area (Å²) in [5, 5.41) is 3.20. The molecule has 0 radical (unpaired) electrons. The standard InChI is InChI=1S/C18H17N3O2S/c1-18(9-15(22)21(2)17(19)20-18)13-7-11-4-6-24-16(11)14(8-13)12-3-5-23-10-12/h3-8,10H,9H2,1-2H3,(H2,19,20)/t18-/m0/s1. The lowest BCUT2D eigenvalue weighted by atomic mass is 9.85. The lowest BCUT2D eigenvalue weighted by Crippen LogP contribution is -2.47. The molecule has 3 heterocycles. The lowest BCUT2D eigenvalue weighted by molar-refractivity contribution is -0.128. The summed E-state index contributed by atoms with van der Waals surface area (Å²) in [7, 11) is 1.65. The number of carbonyl (C=O) groups excluding carboxylic acids is 1. The van der Waals surface area contributed by atoms with E-state index in [9.17, 15) is 4.79 Å². The molecule has 0 saturated heterocycles. The van der Waals surface area contributed by atoms with Crippen molar-refractivity contribution in [1.29, 1.82) is 0 Å². The van der Waals surface area contributed by atoms with Crippen molar-refractivity contribution in [3.63, 3.8) is 0 Å². The summed E-state index contributed by atoms with van der Waals surface area (Å²) in [5.74, 6) is 0.226. The number of guanidine groups is 1. The van der Waals surface area contributed by atoms with E-state index in [1.807, 2.05) is 13.0 Å². The first-order valence-electron chi connectivity index (χ1n) is 7.64. The number of aliphatic imine (C=N–C) groups is 1. The number of fused-ring (bicyclic) bond motifs is 1. The van der Waals surface area contributed by atoms with Gasteiger partial charge in [0.2, 0.25) is 5.91 Å². The van der Waals surface area contributed by atoms with E-state index in [4.69, 9.17) is 10.2 Å². The summed E-state index contributed by atoms with van der Waals surface area (Å²) in [5.41, 5.74) is 8.37. The summed E-state index contributed by atoms with van der Waals surface area (Å²) in [4.78, 5) is 18.3. The fourth-order valence-corrected chi connectivity index (χ4v) is 4.02. The third kappa shape index (κ3) is 2.22. The Bertz CT molecular complexity index is 958. The number of nitrogens with zero attached hydrogens (tertiary/aromatic N) is 2. The first-order valence-corrected chi connectivity index (χ1v) is 8.52. The Kier molecular flexibility index (Phi) is 3.25. The van der Waals surface area contributed by atoms with Crippen molar-refractivity contribution >= 4 is 33.3 Å². The van der Waals surface area contributed by atoms with Crippen molar-refractivity contribution in [2.24, 2.45) is 10.7 Å². The molecule has 0 fully saturated rings. The molecule has 1 amide bonds. The number of hydrogen-bond acceptors (Lipinski definition) is 5. The number of hydrogen-bond donors (Lipinski definition) is 1. The van der Waals surface area contributed by atoms with Gasteiger partial charge in [0.1, 0.15) is 0 Å². The molecule has 2 aromatic heterocycles. The van der Waals surface area contributed by atoms with Crippen molar-refractivity contribution in [3.8, 4) is 11.1 Å². The van der Waals surface area contributed by atoms with Crippen molar-refractivity contribution in [1.82, 2.24) is 4.90 Å². The average Bonchev–Trinajstić information content (AvgIpc) is 3.22. The minimum Gasteiger partial charge on any atom is -0.472 e. The maximum Gasteiger partial charge on any atom is 0.231 e. The molecule has 0 spiro atoms. The highest BCUT2D eigenvalue weighted by atomic mass is 32.1. The quantitative estimate of drug-likeness (QED) is 0.776. The Morgan fingerprint density at radius 2 is 2.21 bits per heavy atom. The third-order valence-corrected chi connectivity index (χ3v) is 5.54. The number of benzene rings is 1. The monoisotopic (exact) mass is 339 g/mol. The second-order valence-electron chi connectivity index (χ2n) is 6.25. The molecule has 24 heavy (non-hydrogen) atoms. The van der Waals surface area contributed by atoms with E-state index in [1.54, 1.807) is 30.9 Å². The molecule has 1 atom stereocenters. The number of rotatable bonds is 2. The molecule has 2 N–H and O–H groups in total. The molecular weight excluding hydrogens is 322 g/mol. The van der Waals surface area contributed by atoms with Gasteiger partial charge >= 0.3 is 0 Å². The van der Waals surface area contributed by atoms with Gasteiger partial charge in [-0.05, 0) is 47.5 Å². The lowest BCUT2D eigenvalue weighted by Gasteiger charge is -2.34. The molecule has 1 aliphatic rings. The van der Waals surface area contributed by atoms with Crippen molar-refractivity contribution < 1.29 is 9.21 Å². The van der Waals surface area contributed by atoms with E-state index in [-0.39, 0.29) is 11.9 Å². The molecule has 0 aliphatic carbocycles. The Morgan fingerprint density at radius 3 is 2.92 bits per heavy atom. The van der Waals surface area contributed by atoms with Crippen LogP contribution in [0.4, 0.5) is 0 Å². The van der Waals surface area contributed by atoms with Crippen LogP contribution in [0.25, 0.3) is 21.2 Å². The van der Waals surface area contributed by atoms with Crippen LogP contribution in [0.1, 0.15) is 18.9 Å². The predicted octanol–water partition coefficient (Wildman–Crippen LogP) is 3.55. The van der Waals surface area contributed by atoms with Gasteiger partial charge in [-0.2, -0.15) is 0 Å². The molecule has 6 heteroatoms. The Labute approximate surface area is 143 Å². The predicted molar refractivity (Wildman–Crippen MR) is 95.9 cm³/mol.